The average Bonchev–Trinajstić information content (AvgIpc) is 3.49. The molecule has 5 rings (SSSR count). The molecule has 0 radical (unpaired) electrons. The van der Waals surface area contributed by atoms with Crippen molar-refractivity contribution < 1.29 is 23.0 Å². The molecule has 0 amide bonds. The molecule has 12 heteroatoms. The van der Waals surface area contributed by atoms with E-state index in [0.29, 0.717) is 70.3 Å². The number of nitrogens with zero attached hydrogens (tertiary/aromatic N) is 5. The quantitative estimate of drug-likeness (QED) is 0.267. The van der Waals surface area contributed by atoms with Crippen LogP contribution in [0.4, 0.5) is 13.2 Å². The fourth-order valence-corrected chi connectivity index (χ4v) is 6.29. The average molecular weight is 605 g/mol. The van der Waals surface area contributed by atoms with Gasteiger partial charge >= 0.3 is 6.18 Å². The van der Waals surface area contributed by atoms with Crippen LogP contribution in [0.5, 0.6) is 5.88 Å². The van der Waals surface area contributed by atoms with Gasteiger partial charge < -0.3 is 24.3 Å². The Morgan fingerprint density at radius 2 is 1.62 bits per heavy atom. The molecule has 1 saturated carbocycles. The molecule has 0 bridgehead atoms. The van der Waals surface area contributed by atoms with Crippen LogP contribution >= 0.6 is 11.6 Å². The van der Waals surface area contributed by atoms with Crippen molar-refractivity contribution >= 4 is 22.5 Å². The van der Waals surface area contributed by atoms with E-state index < -0.39 is 17.7 Å². The van der Waals surface area contributed by atoms with Crippen molar-refractivity contribution in [3.8, 4) is 5.88 Å². The molecule has 1 aliphatic rings. The summed E-state index contributed by atoms with van der Waals surface area (Å²) in [5.41, 5.74) is 1.35. The number of alkyl halides is 3. The lowest BCUT2D eigenvalue weighted by atomic mass is 9.81. The van der Waals surface area contributed by atoms with E-state index in [2.05, 4.69) is 20.3 Å². The number of rotatable bonds is 8. The molecule has 0 aliphatic heterocycles. The summed E-state index contributed by atoms with van der Waals surface area (Å²) < 4.78 is 48.4. The number of nitrogens with one attached hydrogen (secondary N) is 1. The van der Waals surface area contributed by atoms with Crippen LogP contribution in [0.3, 0.4) is 0 Å². The number of pyridine rings is 1. The van der Waals surface area contributed by atoms with Crippen LogP contribution in [-0.4, -0.2) is 49.0 Å². The van der Waals surface area contributed by atoms with Gasteiger partial charge in [0.15, 0.2) is 5.60 Å². The molecule has 0 spiro atoms. The minimum Gasteiger partial charge on any atom is -0.481 e. The fourth-order valence-electron chi connectivity index (χ4n) is 5.99. The number of aryl methyl sites for hydroxylation is 2. The lowest BCUT2D eigenvalue weighted by Gasteiger charge is -2.30. The molecule has 226 valence electrons. The van der Waals surface area contributed by atoms with Crippen LogP contribution in [0.1, 0.15) is 59.8 Å². The van der Waals surface area contributed by atoms with Crippen LogP contribution < -0.4 is 10.1 Å². The molecule has 3 heterocycles. The van der Waals surface area contributed by atoms with Crippen LogP contribution in [0.2, 0.25) is 5.02 Å². The zero-order valence-corrected chi connectivity index (χ0v) is 25.1. The third kappa shape index (κ3) is 5.38. The summed E-state index contributed by atoms with van der Waals surface area (Å²) in [4.78, 5) is 13.5. The monoisotopic (exact) mass is 604 g/mol. The summed E-state index contributed by atoms with van der Waals surface area (Å²) >= 11 is 7.00. The molecule has 1 aliphatic carbocycles. The number of aliphatic hydroxyl groups is 1. The zero-order chi connectivity index (χ0) is 30.4. The van der Waals surface area contributed by atoms with E-state index >= 15 is 0 Å². The third-order valence-corrected chi connectivity index (χ3v) is 9.25. The molecule has 4 aromatic rings. The summed E-state index contributed by atoms with van der Waals surface area (Å²) in [7, 11) is 5.23. The Morgan fingerprint density at radius 3 is 2.12 bits per heavy atom. The lowest BCUT2D eigenvalue weighted by Crippen LogP contribution is -2.33. The Kier molecular flexibility index (Phi) is 8.30. The number of ether oxygens (including phenoxy) is 1. The fraction of sp³-hybridized carbons (Fsp3) is 0.500. The predicted molar refractivity (Wildman–Crippen MR) is 155 cm³/mol. The van der Waals surface area contributed by atoms with Gasteiger partial charge in [0.25, 0.3) is 0 Å². The van der Waals surface area contributed by atoms with Crippen LogP contribution in [0.25, 0.3) is 10.9 Å². The largest absolute Gasteiger partial charge is 0.481 e. The first-order chi connectivity index (χ1) is 19.9. The number of imidazole rings is 2. The predicted octanol–water partition coefficient (Wildman–Crippen LogP) is 5.72. The van der Waals surface area contributed by atoms with Gasteiger partial charge in [-0.25, -0.2) is 15.0 Å². The van der Waals surface area contributed by atoms with Gasteiger partial charge in [-0.1, -0.05) is 17.7 Å². The van der Waals surface area contributed by atoms with Crippen molar-refractivity contribution in [1.29, 1.82) is 0 Å². The van der Waals surface area contributed by atoms with E-state index in [-0.39, 0.29) is 18.8 Å². The highest BCUT2D eigenvalue weighted by Crippen LogP contribution is 2.41. The van der Waals surface area contributed by atoms with Crippen molar-refractivity contribution in [3.05, 3.63) is 69.8 Å². The van der Waals surface area contributed by atoms with Crippen LogP contribution in [0.15, 0.2) is 30.6 Å². The van der Waals surface area contributed by atoms with Gasteiger partial charge in [0.05, 0.1) is 47.3 Å². The van der Waals surface area contributed by atoms with Crippen LogP contribution in [0, 0.1) is 25.7 Å². The van der Waals surface area contributed by atoms with Gasteiger partial charge in [-0.3, -0.25) is 0 Å². The maximum Gasteiger partial charge on any atom is 0.391 e. The first-order valence-corrected chi connectivity index (χ1v) is 14.4. The van der Waals surface area contributed by atoms with Crippen LogP contribution in [-0.2, 0) is 26.2 Å². The number of fused-ring (bicyclic) bond motifs is 1. The SMILES string of the molecule is COc1nc2ccc(C(O)(c3cnc(C)n3C)c3cnc(C)n3C)cc2c(Cl)c1CNCC1CCC(C(F)(F)F)CC1. The molecule has 0 unspecified atom stereocenters. The zero-order valence-electron chi connectivity index (χ0n) is 24.4. The molecule has 8 nitrogen and oxygen atoms in total. The number of benzene rings is 1. The van der Waals surface area contributed by atoms with Crippen molar-refractivity contribution in [2.45, 2.75) is 57.9 Å². The Morgan fingerprint density at radius 1 is 1.02 bits per heavy atom. The van der Waals surface area contributed by atoms with Crippen molar-refractivity contribution in [3.63, 3.8) is 0 Å². The highest BCUT2D eigenvalue weighted by Gasteiger charge is 2.42. The number of halogens is 4. The Labute approximate surface area is 247 Å². The summed E-state index contributed by atoms with van der Waals surface area (Å²) in [5, 5.41) is 16.9. The Hall–Kier alpha value is -3.15. The van der Waals surface area contributed by atoms with Gasteiger partial charge in [0, 0.05) is 31.6 Å². The number of hydrogen-bond donors (Lipinski definition) is 2. The maximum atomic E-state index is 13.1. The van der Waals surface area contributed by atoms with Crippen molar-refractivity contribution in [2.24, 2.45) is 25.9 Å². The lowest BCUT2D eigenvalue weighted by molar-refractivity contribution is -0.183. The minimum absolute atomic E-state index is 0.160. The number of hydrogen-bond acceptors (Lipinski definition) is 6. The smallest absolute Gasteiger partial charge is 0.391 e. The first-order valence-electron chi connectivity index (χ1n) is 14.0. The van der Waals surface area contributed by atoms with Crippen molar-refractivity contribution in [1.82, 2.24) is 29.4 Å². The molecule has 42 heavy (non-hydrogen) atoms. The molecule has 2 N–H and O–H groups in total. The first kappa shape index (κ1) is 30.3. The topological polar surface area (TPSA) is 90.0 Å². The van der Waals surface area contributed by atoms with E-state index in [9.17, 15) is 18.3 Å². The normalized spacial score (nSPS) is 18.1. The van der Waals surface area contributed by atoms with Gasteiger partial charge in [-0.05, 0) is 69.7 Å². The van der Waals surface area contributed by atoms with Gasteiger partial charge in [-0.2, -0.15) is 13.2 Å². The second-order valence-corrected chi connectivity index (χ2v) is 11.6. The van der Waals surface area contributed by atoms with E-state index in [1.165, 1.54) is 7.11 Å². The summed E-state index contributed by atoms with van der Waals surface area (Å²) in [6.45, 7) is 4.64. The Bertz CT molecular complexity index is 1540. The second-order valence-electron chi connectivity index (χ2n) is 11.2. The molecule has 3 aromatic heterocycles. The summed E-state index contributed by atoms with van der Waals surface area (Å²) in [6.07, 6.45) is 0.583. The molecule has 0 atom stereocenters. The van der Waals surface area contributed by atoms with E-state index in [4.69, 9.17) is 16.3 Å². The van der Waals surface area contributed by atoms with E-state index in [0.717, 1.165) is 11.6 Å². The van der Waals surface area contributed by atoms with Gasteiger partial charge in [0.2, 0.25) is 5.88 Å². The Balaban J connectivity index is 1.48. The van der Waals surface area contributed by atoms with Gasteiger partial charge in [0.1, 0.15) is 11.6 Å². The minimum atomic E-state index is -4.12. The number of methoxy groups -OCH3 is 1. The third-order valence-electron chi connectivity index (χ3n) is 8.82. The summed E-state index contributed by atoms with van der Waals surface area (Å²) in [6, 6.07) is 5.44. The maximum absolute atomic E-state index is 13.1. The van der Waals surface area contributed by atoms with Crippen molar-refractivity contribution in [2.75, 3.05) is 13.7 Å². The molecule has 1 aromatic carbocycles. The van der Waals surface area contributed by atoms with Gasteiger partial charge in [-0.15, -0.1) is 0 Å². The molecular formula is C30H36ClF3N6O2. The second kappa shape index (κ2) is 11.5. The molecule has 1 fully saturated rings. The highest BCUT2D eigenvalue weighted by molar-refractivity contribution is 6.36. The van der Waals surface area contributed by atoms with E-state index in [1.807, 2.05) is 49.2 Å². The standard InChI is InChI=1S/C30H36ClF3N6O2/c1-17-36-15-25(39(17)3)29(41,26-16-37-18(2)40(26)4)21-10-11-24-22(12-21)27(31)23(28(38-24)42-5)14-35-13-19-6-8-20(9-7-19)30(32,33)34/h10-12,15-16,19-20,35,41H,6-9,13-14H2,1-5H3. The molecule has 0 saturated heterocycles. The molecular weight excluding hydrogens is 569 g/mol. The highest BCUT2D eigenvalue weighted by atomic mass is 35.5. The summed E-state index contributed by atoms with van der Waals surface area (Å²) in [5.74, 6) is 0.813. The number of aromatic nitrogens is 5. The van der Waals surface area contributed by atoms with E-state index in [1.54, 1.807) is 18.5 Å².